The van der Waals surface area contributed by atoms with E-state index >= 15 is 0 Å². The van der Waals surface area contributed by atoms with Gasteiger partial charge >= 0.3 is 0 Å². The van der Waals surface area contributed by atoms with E-state index in [4.69, 9.17) is 11.6 Å². The molecule has 0 unspecified atom stereocenters. The van der Waals surface area contributed by atoms with Gasteiger partial charge in [0.15, 0.2) is 0 Å². The first-order valence-electron chi connectivity index (χ1n) is 6.88. The van der Waals surface area contributed by atoms with Crippen LogP contribution in [-0.2, 0) is 4.79 Å². The van der Waals surface area contributed by atoms with Crippen molar-refractivity contribution in [1.29, 1.82) is 0 Å². The highest BCUT2D eigenvalue weighted by Gasteiger charge is 2.39. The summed E-state index contributed by atoms with van der Waals surface area (Å²) in [6, 6.07) is 8.07. The van der Waals surface area contributed by atoms with Crippen molar-refractivity contribution in [2.75, 3.05) is 5.75 Å². The molecule has 1 N–H and O–H groups in total. The lowest BCUT2D eigenvalue weighted by Crippen LogP contribution is -2.39. The second kappa shape index (κ2) is 5.76. The molecule has 0 saturated heterocycles. The number of nitrogens with one attached hydrogen (secondary N) is 1. The zero-order valence-corrected chi connectivity index (χ0v) is 12.3. The van der Waals surface area contributed by atoms with Crippen molar-refractivity contribution in [3.63, 3.8) is 0 Å². The van der Waals surface area contributed by atoms with E-state index in [2.05, 4.69) is 5.32 Å². The van der Waals surface area contributed by atoms with E-state index < -0.39 is 0 Å². The Bertz CT molecular complexity index is 462. The maximum absolute atomic E-state index is 12.0. The molecule has 19 heavy (non-hydrogen) atoms. The molecule has 2 nitrogen and oxygen atoms in total. The van der Waals surface area contributed by atoms with Gasteiger partial charge in [-0.2, -0.15) is 0 Å². The van der Waals surface area contributed by atoms with Crippen LogP contribution in [0.1, 0.15) is 25.7 Å². The Morgan fingerprint density at radius 2 is 2.05 bits per heavy atom. The highest BCUT2D eigenvalue weighted by molar-refractivity contribution is 8.00. The normalized spacial score (nSPS) is 28.6. The fourth-order valence-corrected chi connectivity index (χ4v) is 4.19. The summed E-state index contributed by atoms with van der Waals surface area (Å²) in [7, 11) is 0. The van der Waals surface area contributed by atoms with Crippen LogP contribution >= 0.6 is 23.4 Å². The lowest BCUT2D eigenvalue weighted by atomic mass is 9.95. The molecule has 0 radical (unpaired) electrons. The van der Waals surface area contributed by atoms with Crippen LogP contribution in [0.25, 0.3) is 0 Å². The highest BCUT2D eigenvalue weighted by atomic mass is 35.5. The summed E-state index contributed by atoms with van der Waals surface area (Å²) in [4.78, 5) is 13.0. The molecule has 3 rings (SSSR count). The van der Waals surface area contributed by atoms with Gasteiger partial charge in [0.25, 0.3) is 0 Å². The number of thioether (sulfide) groups is 1. The minimum atomic E-state index is 0.164. The first kappa shape index (κ1) is 13.3. The van der Waals surface area contributed by atoms with E-state index in [1.165, 1.54) is 25.7 Å². The van der Waals surface area contributed by atoms with Crippen LogP contribution in [0.4, 0.5) is 0 Å². The number of carbonyl (C=O) groups is 1. The molecule has 4 heteroatoms. The fraction of sp³-hybridized carbons (Fsp3) is 0.533. The van der Waals surface area contributed by atoms with Crippen molar-refractivity contribution in [2.24, 2.45) is 11.8 Å². The Morgan fingerprint density at radius 1 is 1.26 bits per heavy atom. The zero-order chi connectivity index (χ0) is 13.2. The Balaban J connectivity index is 1.45. The summed E-state index contributed by atoms with van der Waals surface area (Å²) >= 11 is 7.41. The molecule has 0 aliphatic heterocycles. The van der Waals surface area contributed by atoms with Gasteiger partial charge in [0.05, 0.1) is 5.75 Å². The van der Waals surface area contributed by atoms with Crippen LogP contribution < -0.4 is 5.32 Å². The predicted octanol–water partition coefficient (Wildman–Crippen LogP) is 3.74. The van der Waals surface area contributed by atoms with Gasteiger partial charge in [-0.1, -0.05) is 18.0 Å². The average molecular weight is 296 g/mol. The number of rotatable bonds is 4. The number of hydrogen-bond donors (Lipinski definition) is 1. The monoisotopic (exact) mass is 295 g/mol. The summed E-state index contributed by atoms with van der Waals surface area (Å²) in [5.74, 6) is 2.28. The van der Waals surface area contributed by atoms with Gasteiger partial charge < -0.3 is 5.32 Å². The minimum Gasteiger partial charge on any atom is -0.352 e. The van der Waals surface area contributed by atoms with Gasteiger partial charge in [0.2, 0.25) is 5.91 Å². The third-order valence-corrected chi connectivity index (χ3v) is 5.53. The second-order valence-electron chi connectivity index (χ2n) is 5.59. The summed E-state index contributed by atoms with van der Waals surface area (Å²) in [5.41, 5.74) is 0. The maximum atomic E-state index is 12.0. The van der Waals surface area contributed by atoms with Crippen LogP contribution in [0, 0.1) is 11.8 Å². The molecule has 1 amide bonds. The summed E-state index contributed by atoms with van der Waals surface area (Å²) in [6.07, 6.45) is 5.20. The topological polar surface area (TPSA) is 29.1 Å². The van der Waals surface area contributed by atoms with Gasteiger partial charge in [-0.05, 0) is 55.4 Å². The van der Waals surface area contributed by atoms with E-state index in [1.807, 2.05) is 24.3 Å². The second-order valence-corrected chi connectivity index (χ2v) is 7.08. The van der Waals surface area contributed by atoms with E-state index in [0.29, 0.717) is 11.8 Å². The largest absolute Gasteiger partial charge is 0.352 e. The number of fused-ring (bicyclic) bond motifs is 2. The number of carbonyl (C=O) groups excluding carboxylic acids is 1. The van der Waals surface area contributed by atoms with Crippen LogP contribution in [0.5, 0.6) is 0 Å². The quantitative estimate of drug-likeness (QED) is 0.858. The van der Waals surface area contributed by atoms with Crippen LogP contribution in [0.15, 0.2) is 29.2 Å². The molecule has 0 heterocycles. The van der Waals surface area contributed by atoms with Crippen molar-refractivity contribution in [3.8, 4) is 0 Å². The maximum Gasteiger partial charge on any atom is 0.230 e. The van der Waals surface area contributed by atoms with E-state index in [0.717, 1.165) is 21.8 Å². The summed E-state index contributed by atoms with van der Waals surface area (Å²) < 4.78 is 0. The Kier molecular flexibility index (Phi) is 4.04. The van der Waals surface area contributed by atoms with Crippen LogP contribution in [-0.4, -0.2) is 17.7 Å². The molecule has 102 valence electrons. The fourth-order valence-electron chi connectivity index (χ4n) is 3.35. The molecule has 0 spiro atoms. The van der Waals surface area contributed by atoms with E-state index in [-0.39, 0.29) is 5.91 Å². The van der Waals surface area contributed by atoms with Gasteiger partial charge in [0, 0.05) is 16.0 Å². The molecule has 2 aliphatic rings. The van der Waals surface area contributed by atoms with E-state index in [1.54, 1.807) is 11.8 Å². The highest BCUT2D eigenvalue weighted by Crippen LogP contribution is 2.44. The number of amides is 1. The third kappa shape index (κ3) is 3.26. The Labute approximate surface area is 123 Å². The molecule has 3 atom stereocenters. The first-order valence-corrected chi connectivity index (χ1v) is 8.25. The molecule has 0 aromatic heterocycles. The SMILES string of the molecule is O=C(CSc1ccc(Cl)cc1)N[C@@H]1C[C@H]2CC[C@@H]1C2. The number of hydrogen-bond acceptors (Lipinski definition) is 2. The van der Waals surface area contributed by atoms with Crippen molar-refractivity contribution in [2.45, 2.75) is 36.6 Å². The molecular formula is C15H18ClNOS. The molecule has 2 fully saturated rings. The smallest absolute Gasteiger partial charge is 0.230 e. The van der Waals surface area contributed by atoms with Gasteiger partial charge in [0.1, 0.15) is 0 Å². The average Bonchev–Trinajstić information content (AvgIpc) is 3.00. The van der Waals surface area contributed by atoms with E-state index in [9.17, 15) is 4.79 Å². The molecule has 1 aromatic rings. The molecule has 2 saturated carbocycles. The summed E-state index contributed by atoms with van der Waals surface area (Å²) in [5, 5.41) is 3.94. The lowest BCUT2D eigenvalue weighted by Gasteiger charge is -2.22. The lowest BCUT2D eigenvalue weighted by molar-refractivity contribution is -0.119. The van der Waals surface area contributed by atoms with Crippen LogP contribution in [0.3, 0.4) is 0 Å². The third-order valence-electron chi connectivity index (χ3n) is 4.27. The van der Waals surface area contributed by atoms with Crippen molar-refractivity contribution in [1.82, 2.24) is 5.32 Å². The number of benzene rings is 1. The Morgan fingerprint density at radius 3 is 2.68 bits per heavy atom. The van der Waals surface area contributed by atoms with Gasteiger partial charge in [-0.3, -0.25) is 4.79 Å². The summed E-state index contributed by atoms with van der Waals surface area (Å²) in [6.45, 7) is 0. The van der Waals surface area contributed by atoms with Gasteiger partial charge in [-0.25, -0.2) is 0 Å². The first-order chi connectivity index (χ1) is 9.20. The molecule has 1 aromatic carbocycles. The van der Waals surface area contributed by atoms with Crippen molar-refractivity contribution >= 4 is 29.3 Å². The molecule has 2 aliphatic carbocycles. The predicted molar refractivity (Wildman–Crippen MR) is 79.6 cm³/mol. The van der Waals surface area contributed by atoms with Crippen molar-refractivity contribution in [3.05, 3.63) is 29.3 Å². The van der Waals surface area contributed by atoms with Crippen molar-refractivity contribution < 1.29 is 4.79 Å². The number of halogens is 1. The zero-order valence-electron chi connectivity index (χ0n) is 10.8. The molecular weight excluding hydrogens is 278 g/mol. The van der Waals surface area contributed by atoms with Gasteiger partial charge in [-0.15, -0.1) is 11.8 Å². The standard InChI is InChI=1S/C15H18ClNOS/c16-12-3-5-13(6-4-12)19-9-15(18)17-14-8-10-1-2-11(14)7-10/h3-6,10-11,14H,1-2,7-9H2,(H,17,18)/t10-,11+,14+/m0/s1. The molecule has 2 bridgehead atoms. The Hall–Kier alpha value is -0.670. The van der Waals surface area contributed by atoms with Crippen LogP contribution in [0.2, 0.25) is 5.02 Å². The minimum absolute atomic E-state index is 0.164.